The van der Waals surface area contributed by atoms with Crippen molar-refractivity contribution in [3.63, 3.8) is 0 Å². The first kappa shape index (κ1) is 21.3. The van der Waals surface area contributed by atoms with Crippen LogP contribution in [0.1, 0.15) is 11.3 Å². The first-order valence-corrected chi connectivity index (χ1v) is 10.9. The molecule has 4 aromatic rings. The van der Waals surface area contributed by atoms with Gasteiger partial charge in [0, 0.05) is 30.6 Å². The maximum atomic E-state index is 9.16. The summed E-state index contributed by atoms with van der Waals surface area (Å²) in [6.07, 6.45) is 0. The van der Waals surface area contributed by atoms with Crippen LogP contribution in [0.5, 0.6) is 17.2 Å². The largest absolute Gasteiger partial charge is 0.487 e. The number of hydrogen-bond donors (Lipinski definition) is 2. The van der Waals surface area contributed by atoms with Crippen LogP contribution >= 0.6 is 23.2 Å². The van der Waals surface area contributed by atoms with Crippen LogP contribution in [0.4, 0.5) is 5.82 Å². The molecule has 10 heteroatoms. The summed E-state index contributed by atoms with van der Waals surface area (Å²) < 4.78 is 11.8. The Balaban J connectivity index is 1.31. The molecule has 2 aromatic carbocycles. The van der Waals surface area contributed by atoms with E-state index in [1.807, 2.05) is 18.2 Å². The Morgan fingerprint density at radius 3 is 2.79 bits per heavy atom. The lowest BCUT2D eigenvalue weighted by Gasteiger charge is -2.37. The number of nitrogens with one attached hydrogen (secondary N) is 1. The van der Waals surface area contributed by atoms with Crippen LogP contribution in [-0.4, -0.2) is 34.3 Å². The van der Waals surface area contributed by atoms with Crippen molar-refractivity contribution in [3.8, 4) is 23.3 Å². The van der Waals surface area contributed by atoms with Gasteiger partial charge in [0.25, 0.3) is 0 Å². The van der Waals surface area contributed by atoms with Gasteiger partial charge in [-0.2, -0.15) is 10.4 Å². The Bertz CT molecular complexity index is 1380. The Hall–Kier alpha value is -3.51. The molecule has 1 aliphatic heterocycles. The average Bonchev–Trinajstić information content (AvgIpc) is 3.21. The smallest absolute Gasteiger partial charge is 0.183 e. The van der Waals surface area contributed by atoms with E-state index >= 15 is 0 Å². The van der Waals surface area contributed by atoms with Gasteiger partial charge in [-0.15, -0.1) is 0 Å². The van der Waals surface area contributed by atoms with Crippen molar-refractivity contribution in [3.05, 3.63) is 69.8 Å². The second-order valence-corrected chi connectivity index (χ2v) is 8.41. The molecule has 33 heavy (non-hydrogen) atoms. The number of pyridine rings is 1. The zero-order valence-corrected chi connectivity index (χ0v) is 18.8. The topological polar surface area (TPSA) is 113 Å². The van der Waals surface area contributed by atoms with Crippen LogP contribution in [0.3, 0.4) is 0 Å². The van der Waals surface area contributed by atoms with Crippen molar-refractivity contribution >= 4 is 40.1 Å². The molecule has 5 rings (SSSR count). The summed E-state index contributed by atoms with van der Waals surface area (Å²) in [6, 6.07) is 16.2. The summed E-state index contributed by atoms with van der Waals surface area (Å²) >= 11 is 12.5. The fraction of sp³-hybridized carbons (Fsp3) is 0.174. The first-order valence-electron chi connectivity index (χ1n) is 10.1. The molecule has 1 aliphatic rings. The quantitative estimate of drug-likeness (QED) is 0.412. The summed E-state index contributed by atoms with van der Waals surface area (Å²) in [5.41, 5.74) is 7.60. The maximum absolute atomic E-state index is 9.16. The Kier molecular flexibility index (Phi) is 5.68. The molecule has 0 unspecified atom stereocenters. The van der Waals surface area contributed by atoms with Crippen molar-refractivity contribution in [2.24, 2.45) is 5.73 Å². The number of nitrogens with zero attached hydrogens (tertiary/aromatic N) is 4. The summed E-state index contributed by atoms with van der Waals surface area (Å²) in [5.74, 6) is 2.10. The number of hydrogen-bond acceptors (Lipinski definition) is 7. The minimum Gasteiger partial charge on any atom is -0.487 e. The van der Waals surface area contributed by atoms with Crippen molar-refractivity contribution in [2.45, 2.75) is 12.6 Å². The number of anilines is 1. The standard InChI is InChI=1S/C23H18Cl2N6O2/c24-17-6-4-15(8-20(17)33-19-3-1-2-13(9-26)22(19)25)32-12-18-16-5-7-21(28-23(16)30-29-18)31-10-14(27)11-31/h1-8,14H,10-12,27H2,(H,28,29,30). The predicted octanol–water partition coefficient (Wildman–Crippen LogP) is 4.65. The van der Waals surface area contributed by atoms with Gasteiger partial charge in [0.15, 0.2) is 5.65 Å². The van der Waals surface area contributed by atoms with Crippen LogP contribution in [0.2, 0.25) is 10.0 Å². The second kappa shape index (κ2) is 8.79. The average molecular weight is 481 g/mol. The van der Waals surface area contributed by atoms with Crippen LogP contribution < -0.4 is 20.1 Å². The Labute approximate surface area is 199 Å². The Morgan fingerprint density at radius 2 is 2.00 bits per heavy atom. The minimum atomic E-state index is 0.199. The van der Waals surface area contributed by atoms with Gasteiger partial charge in [-0.3, -0.25) is 5.10 Å². The van der Waals surface area contributed by atoms with Crippen molar-refractivity contribution in [1.82, 2.24) is 15.2 Å². The number of nitriles is 1. The molecular weight excluding hydrogens is 463 g/mol. The van der Waals surface area contributed by atoms with E-state index in [1.165, 1.54) is 0 Å². The normalized spacial score (nSPS) is 13.6. The Morgan fingerprint density at radius 1 is 1.15 bits per heavy atom. The highest BCUT2D eigenvalue weighted by Gasteiger charge is 2.24. The summed E-state index contributed by atoms with van der Waals surface area (Å²) in [4.78, 5) is 6.72. The summed E-state index contributed by atoms with van der Waals surface area (Å²) in [7, 11) is 0. The molecule has 0 bridgehead atoms. The van der Waals surface area contributed by atoms with Gasteiger partial charge in [0.1, 0.15) is 40.8 Å². The van der Waals surface area contributed by atoms with E-state index < -0.39 is 0 Å². The molecule has 2 aromatic heterocycles. The summed E-state index contributed by atoms with van der Waals surface area (Å²) in [5, 5.41) is 17.9. The van der Waals surface area contributed by atoms with Crippen molar-refractivity contribution < 1.29 is 9.47 Å². The SMILES string of the molecule is N#Cc1cccc(Oc2cc(OCc3[nH]nc4nc(N5CC(N)C5)ccc34)ccc2Cl)c1Cl. The molecule has 0 saturated carbocycles. The van der Waals surface area contributed by atoms with E-state index in [9.17, 15) is 0 Å². The van der Waals surface area contributed by atoms with Gasteiger partial charge in [0.05, 0.1) is 16.3 Å². The lowest BCUT2D eigenvalue weighted by Crippen LogP contribution is -2.56. The van der Waals surface area contributed by atoms with E-state index in [-0.39, 0.29) is 17.7 Å². The van der Waals surface area contributed by atoms with Crippen molar-refractivity contribution in [1.29, 1.82) is 5.26 Å². The van der Waals surface area contributed by atoms with Crippen LogP contribution in [0, 0.1) is 11.3 Å². The number of ether oxygens (including phenoxy) is 2. The fourth-order valence-electron chi connectivity index (χ4n) is 3.53. The third kappa shape index (κ3) is 4.26. The van der Waals surface area contributed by atoms with Gasteiger partial charge in [-0.25, -0.2) is 4.98 Å². The molecule has 3 heterocycles. The fourth-order valence-corrected chi connectivity index (χ4v) is 3.89. The lowest BCUT2D eigenvalue weighted by molar-refractivity contribution is 0.301. The molecule has 8 nitrogen and oxygen atoms in total. The van der Waals surface area contributed by atoms with Gasteiger partial charge < -0.3 is 20.1 Å². The molecule has 0 radical (unpaired) electrons. The molecule has 0 spiro atoms. The number of rotatable bonds is 6. The maximum Gasteiger partial charge on any atom is 0.183 e. The van der Waals surface area contributed by atoms with E-state index in [4.69, 9.17) is 43.7 Å². The summed E-state index contributed by atoms with van der Waals surface area (Å²) in [6.45, 7) is 1.84. The first-order chi connectivity index (χ1) is 16.0. The van der Waals surface area contributed by atoms with Gasteiger partial charge in [-0.1, -0.05) is 29.3 Å². The number of fused-ring (bicyclic) bond motifs is 1. The van der Waals surface area contributed by atoms with E-state index in [2.05, 4.69) is 20.1 Å². The highest BCUT2D eigenvalue weighted by Crippen LogP contribution is 2.37. The highest BCUT2D eigenvalue weighted by molar-refractivity contribution is 6.33. The highest BCUT2D eigenvalue weighted by atomic mass is 35.5. The zero-order valence-electron chi connectivity index (χ0n) is 17.3. The molecule has 0 aliphatic carbocycles. The molecule has 3 N–H and O–H groups in total. The van der Waals surface area contributed by atoms with E-state index in [0.717, 1.165) is 30.0 Å². The van der Waals surface area contributed by atoms with Crippen LogP contribution in [-0.2, 0) is 6.61 Å². The molecule has 0 atom stereocenters. The number of benzene rings is 2. The van der Waals surface area contributed by atoms with Gasteiger partial charge >= 0.3 is 0 Å². The van der Waals surface area contributed by atoms with E-state index in [0.29, 0.717) is 33.5 Å². The molecule has 166 valence electrons. The second-order valence-electron chi connectivity index (χ2n) is 7.62. The van der Waals surface area contributed by atoms with Crippen molar-refractivity contribution in [2.75, 3.05) is 18.0 Å². The number of nitrogens with two attached hydrogens (primary N) is 1. The predicted molar refractivity (Wildman–Crippen MR) is 126 cm³/mol. The zero-order chi connectivity index (χ0) is 22.9. The lowest BCUT2D eigenvalue weighted by atomic mass is 10.1. The minimum absolute atomic E-state index is 0.199. The third-order valence-electron chi connectivity index (χ3n) is 5.31. The number of halogens is 2. The molecular formula is C23H18Cl2N6O2. The van der Waals surface area contributed by atoms with Crippen LogP contribution in [0.15, 0.2) is 48.5 Å². The van der Waals surface area contributed by atoms with E-state index in [1.54, 1.807) is 36.4 Å². The van der Waals surface area contributed by atoms with Gasteiger partial charge in [0.2, 0.25) is 0 Å². The number of H-pyrrole nitrogens is 1. The van der Waals surface area contributed by atoms with Gasteiger partial charge in [-0.05, 0) is 36.4 Å². The molecule has 1 saturated heterocycles. The monoisotopic (exact) mass is 480 g/mol. The number of aromatic amines is 1. The molecule has 1 fully saturated rings. The third-order valence-corrected chi connectivity index (χ3v) is 6.01. The molecule has 0 amide bonds. The number of aromatic nitrogens is 3. The van der Waals surface area contributed by atoms with Crippen LogP contribution in [0.25, 0.3) is 11.0 Å².